The lowest BCUT2D eigenvalue weighted by Gasteiger charge is -2.53. The molecule has 1 aromatic heterocycles. The Balaban J connectivity index is 1.69. The van der Waals surface area contributed by atoms with Gasteiger partial charge >= 0.3 is 0 Å². The highest BCUT2D eigenvalue weighted by Crippen LogP contribution is 2.50. The van der Waals surface area contributed by atoms with E-state index in [0.717, 1.165) is 23.8 Å². The molecule has 2 saturated heterocycles. The fraction of sp³-hybridized carbons (Fsp3) is 0.600. The number of hydrogen-bond acceptors (Lipinski definition) is 1. The van der Waals surface area contributed by atoms with Gasteiger partial charge < -0.3 is 4.98 Å². The van der Waals surface area contributed by atoms with Crippen LogP contribution in [0.1, 0.15) is 48.9 Å². The number of aromatic nitrogens is 1. The Bertz CT molecular complexity index is 729. The fourth-order valence-corrected chi connectivity index (χ4v) is 5.81. The van der Waals surface area contributed by atoms with Crippen molar-refractivity contribution in [3.63, 3.8) is 0 Å². The first-order valence-corrected chi connectivity index (χ1v) is 9.09. The molecular formula is C20H26N2. The number of aryl methyl sites for hydroxylation is 1. The molecule has 0 spiro atoms. The molecule has 2 heteroatoms. The van der Waals surface area contributed by atoms with Crippen LogP contribution >= 0.6 is 0 Å². The van der Waals surface area contributed by atoms with Crippen LogP contribution in [0.3, 0.4) is 0 Å². The van der Waals surface area contributed by atoms with Crippen LogP contribution in [-0.4, -0.2) is 29.0 Å². The first-order valence-electron chi connectivity index (χ1n) is 9.09. The minimum absolute atomic E-state index is 0.752. The van der Waals surface area contributed by atoms with Crippen molar-refractivity contribution < 1.29 is 0 Å². The highest BCUT2D eigenvalue weighted by molar-refractivity contribution is 5.85. The number of nitrogens with zero attached hydrogens (tertiary/aromatic N) is 1. The number of hydrogen-bond donors (Lipinski definition) is 1. The van der Waals surface area contributed by atoms with Crippen LogP contribution in [0.15, 0.2) is 18.2 Å². The second-order valence-electron chi connectivity index (χ2n) is 7.91. The largest absolute Gasteiger partial charge is 0.358 e. The first kappa shape index (κ1) is 13.2. The molecule has 1 N–H and O–H groups in total. The maximum absolute atomic E-state index is 3.84. The fourth-order valence-electron chi connectivity index (χ4n) is 5.81. The standard InChI is InChI=1S/C20H26N2/c1-3-14-9-13-10-17-19-15(6-7-22(11-13)20(14)17)16-8-12(2)4-5-18(16)21-19/h4-5,8,13-14,17,20-21H,3,6-7,9-11H2,1-2H3/t13-,14?,17-,20?/m0/s1. The van der Waals surface area contributed by atoms with E-state index >= 15 is 0 Å². The Morgan fingerprint density at radius 2 is 2.18 bits per heavy atom. The van der Waals surface area contributed by atoms with E-state index in [9.17, 15) is 0 Å². The second kappa shape index (κ2) is 4.61. The summed E-state index contributed by atoms with van der Waals surface area (Å²) < 4.78 is 0. The molecule has 2 nitrogen and oxygen atoms in total. The molecule has 5 atom stereocenters. The van der Waals surface area contributed by atoms with Gasteiger partial charge in [-0.3, -0.25) is 4.90 Å². The summed E-state index contributed by atoms with van der Waals surface area (Å²) in [5.41, 5.74) is 5.97. The third kappa shape index (κ3) is 1.70. The first-order chi connectivity index (χ1) is 10.7. The van der Waals surface area contributed by atoms with Crippen LogP contribution in [0.2, 0.25) is 0 Å². The van der Waals surface area contributed by atoms with E-state index in [0.29, 0.717) is 0 Å². The van der Waals surface area contributed by atoms with Crippen molar-refractivity contribution in [1.82, 2.24) is 9.88 Å². The van der Waals surface area contributed by atoms with Gasteiger partial charge in [-0.1, -0.05) is 25.0 Å². The molecular weight excluding hydrogens is 268 g/mol. The summed E-state index contributed by atoms with van der Waals surface area (Å²) in [7, 11) is 0. The van der Waals surface area contributed by atoms with Gasteiger partial charge in [0, 0.05) is 41.6 Å². The van der Waals surface area contributed by atoms with E-state index in [-0.39, 0.29) is 0 Å². The summed E-state index contributed by atoms with van der Waals surface area (Å²) in [5, 5.41) is 1.49. The van der Waals surface area contributed by atoms with Gasteiger partial charge in [-0.05, 0) is 55.7 Å². The summed E-state index contributed by atoms with van der Waals surface area (Å²) in [6, 6.07) is 7.72. The molecule has 3 aliphatic heterocycles. The predicted octanol–water partition coefficient (Wildman–Crippen LogP) is 4.24. The third-order valence-electron chi connectivity index (χ3n) is 6.67. The Labute approximate surface area is 132 Å². The smallest absolute Gasteiger partial charge is 0.0459 e. The molecule has 2 aromatic rings. The SMILES string of the molecule is CCC1C[C@H]2C[C@H]3c4[nH]c5ccc(C)cc5c4CCN(C2)C13. The van der Waals surface area contributed by atoms with Crippen molar-refractivity contribution in [1.29, 1.82) is 0 Å². The lowest BCUT2D eigenvalue weighted by molar-refractivity contribution is -0.0134. The quantitative estimate of drug-likeness (QED) is 0.833. The topological polar surface area (TPSA) is 19.0 Å². The Morgan fingerprint density at radius 3 is 3.05 bits per heavy atom. The predicted molar refractivity (Wildman–Crippen MR) is 91.3 cm³/mol. The molecule has 0 amide bonds. The zero-order valence-corrected chi connectivity index (χ0v) is 13.7. The van der Waals surface area contributed by atoms with Crippen LogP contribution in [0.25, 0.3) is 10.9 Å². The molecule has 4 bridgehead atoms. The van der Waals surface area contributed by atoms with Crippen molar-refractivity contribution in [3.05, 3.63) is 35.0 Å². The van der Waals surface area contributed by atoms with Crippen LogP contribution in [0.4, 0.5) is 0 Å². The van der Waals surface area contributed by atoms with E-state index in [2.05, 4.69) is 41.9 Å². The number of nitrogens with one attached hydrogen (secondary N) is 1. The summed E-state index contributed by atoms with van der Waals surface area (Å²) in [6.45, 7) is 7.24. The van der Waals surface area contributed by atoms with Crippen molar-refractivity contribution in [3.8, 4) is 0 Å². The van der Waals surface area contributed by atoms with Gasteiger partial charge in [0.2, 0.25) is 0 Å². The van der Waals surface area contributed by atoms with Crippen LogP contribution < -0.4 is 0 Å². The number of benzene rings is 1. The van der Waals surface area contributed by atoms with E-state index < -0.39 is 0 Å². The normalized spacial score (nSPS) is 36.4. The highest BCUT2D eigenvalue weighted by Gasteiger charge is 2.48. The summed E-state index contributed by atoms with van der Waals surface area (Å²) in [4.78, 5) is 6.68. The van der Waals surface area contributed by atoms with Gasteiger partial charge in [0.15, 0.2) is 0 Å². The van der Waals surface area contributed by atoms with Crippen molar-refractivity contribution in [2.24, 2.45) is 11.8 Å². The van der Waals surface area contributed by atoms with Gasteiger partial charge in [-0.2, -0.15) is 0 Å². The van der Waals surface area contributed by atoms with E-state index in [1.54, 1.807) is 11.3 Å². The second-order valence-corrected chi connectivity index (χ2v) is 7.91. The monoisotopic (exact) mass is 294 g/mol. The van der Waals surface area contributed by atoms with E-state index in [1.165, 1.54) is 55.2 Å². The molecule has 4 aliphatic rings. The average Bonchev–Trinajstić information content (AvgIpc) is 2.85. The summed E-state index contributed by atoms with van der Waals surface area (Å²) in [5.74, 6) is 2.60. The zero-order valence-electron chi connectivity index (χ0n) is 13.7. The van der Waals surface area contributed by atoms with E-state index in [4.69, 9.17) is 0 Å². The molecule has 1 saturated carbocycles. The molecule has 0 radical (unpaired) electrons. The molecule has 3 fully saturated rings. The minimum atomic E-state index is 0.752. The maximum Gasteiger partial charge on any atom is 0.0459 e. The van der Waals surface area contributed by atoms with Gasteiger partial charge in [0.1, 0.15) is 0 Å². The van der Waals surface area contributed by atoms with Crippen molar-refractivity contribution in [2.45, 2.75) is 51.5 Å². The Kier molecular flexibility index (Phi) is 2.76. The van der Waals surface area contributed by atoms with Gasteiger partial charge in [-0.15, -0.1) is 0 Å². The summed E-state index contributed by atoms with van der Waals surface area (Å²) in [6.07, 6.45) is 5.47. The molecule has 116 valence electrons. The number of aromatic amines is 1. The van der Waals surface area contributed by atoms with Gasteiger partial charge in [-0.25, -0.2) is 0 Å². The highest BCUT2D eigenvalue weighted by atomic mass is 15.2. The minimum Gasteiger partial charge on any atom is -0.358 e. The average molecular weight is 294 g/mol. The Hall–Kier alpha value is -1.28. The van der Waals surface area contributed by atoms with Crippen molar-refractivity contribution in [2.75, 3.05) is 13.1 Å². The lowest BCUT2D eigenvalue weighted by Crippen LogP contribution is -2.56. The van der Waals surface area contributed by atoms with Crippen LogP contribution in [0.5, 0.6) is 0 Å². The lowest BCUT2D eigenvalue weighted by atomic mass is 9.65. The van der Waals surface area contributed by atoms with Gasteiger partial charge in [0.25, 0.3) is 0 Å². The number of fused-ring (bicyclic) bond motifs is 4. The molecule has 22 heavy (non-hydrogen) atoms. The van der Waals surface area contributed by atoms with Crippen molar-refractivity contribution >= 4 is 10.9 Å². The van der Waals surface area contributed by atoms with Crippen LogP contribution in [0, 0.1) is 18.8 Å². The molecule has 4 heterocycles. The number of rotatable bonds is 1. The van der Waals surface area contributed by atoms with Gasteiger partial charge in [0.05, 0.1) is 0 Å². The molecule has 6 rings (SSSR count). The van der Waals surface area contributed by atoms with E-state index in [1.807, 2.05) is 0 Å². The number of H-pyrrole nitrogens is 1. The zero-order chi connectivity index (χ0) is 14.8. The molecule has 1 aliphatic carbocycles. The third-order valence-corrected chi connectivity index (χ3v) is 6.67. The molecule has 1 aromatic carbocycles. The number of piperidine rings is 2. The van der Waals surface area contributed by atoms with Crippen LogP contribution in [-0.2, 0) is 6.42 Å². The maximum atomic E-state index is 3.84. The summed E-state index contributed by atoms with van der Waals surface area (Å²) >= 11 is 0. The molecule has 3 unspecified atom stereocenters. The Morgan fingerprint density at radius 1 is 1.27 bits per heavy atom.